The molecule has 0 bridgehead atoms. The lowest BCUT2D eigenvalue weighted by Gasteiger charge is -2.14. The van der Waals surface area contributed by atoms with Gasteiger partial charge in [0.2, 0.25) is 0 Å². The lowest BCUT2D eigenvalue weighted by atomic mass is 10.1. The summed E-state index contributed by atoms with van der Waals surface area (Å²) in [5.41, 5.74) is 2.02. The number of carbonyl (C=O) groups is 1. The van der Waals surface area contributed by atoms with E-state index in [0.717, 1.165) is 21.9 Å². The number of nitrogens with one attached hydrogen (secondary N) is 1. The third-order valence-electron chi connectivity index (χ3n) is 3.77. The zero-order valence-corrected chi connectivity index (χ0v) is 15.0. The minimum Gasteiger partial charge on any atom is -0.494 e. The topological polar surface area (TPSA) is 51.2 Å². The fraction of sp³-hybridized carbons (Fsp3) is 0.200. The molecule has 1 unspecified atom stereocenters. The first-order valence-corrected chi connectivity index (χ1v) is 9.04. The molecule has 3 aromatic rings. The van der Waals surface area contributed by atoms with Gasteiger partial charge < -0.3 is 10.1 Å². The van der Waals surface area contributed by atoms with Crippen LogP contribution in [-0.2, 0) is 0 Å². The minimum atomic E-state index is -0.117. The largest absolute Gasteiger partial charge is 0.494 e. The number of nitrogens with zero attached hydrogens (tertiary/aromatic N) is 1. The van der Waals surface area contributed by atoms with Gasteiger partial charge in [-0.05, 0) is 31.5 Å². The SMILES string of the molecule is CCOc1cccc(C(C)NC(=O)c2cnc(-c3ccccc3)s2)c1. The number of rotatable bonds is 6. The Balaban J connectivity index is 1.70. The van der Waals surface area contributed by atoms with E-state index in [9.17, 15) is 4.79 Å². The summed E-state index contributed by atoms with van der Waals surface area (Å²) >= 11 is 1.39. The van der Waals surface area contributed by atoms with E-state index in [1.807, 2.05) is 68.4 Å². The van der Waals surface area contributed by atoms with Gasteiger partial charge in [0.15, 0.2) is 0 Å². The lowest BCUT2D eigenvalue weighted by Crippen LogP contribution is -2.25. The highest BCUT2D eigenvalue weighted by Gasteiger charge is 2.15. The summed E-state index contributed by atoms with van der Waals surface area (Å²) < 4.78 is 5.52. The number of hydrogen-bond donors (Lipinski definition) is 1. The van der Waals surface area contributed by atoms with E-state index in [4.69, 9.17) is 4.74 Å². The molecule has 1 aromatic heterocycles. The van der Waals surface area contributed by atoms with E-state index in [2.05, 4.69) is 10.3 Å². The molecule has 1 atom stereocenters. The molecule has 0 aliphatic carbocycles. The molecule has 0 aliphatic rings. The van der Waals surface area contributed by atoms with Crippen molar-refractivity contribution in [3.05, 3.63) is 71.2 Å². The number of carbonyl (C=O) groups excluding carboxylic acids is 1. The van der Waals surface area contributed by atoms with Crippen LogP contribution in [0, 0.1) is 0 Å². The molecule has 4 nitrogen and oxygen atoms in total. The average molecular weight is 352 g/mol. The molecule has 0 fully saturated rings. The summed E-state index contributed by atoms with van der Waals surface area (Å²) in [6.45, 7) is 4.53. The predicted octanol–water partition coefficient (Wildman–Crippen LogP) is 4.70. The van der Waals surface area contributed by atoms with Gasteiger partial charge >= 0.3 is 0 Å². The van der Waals surface area contributed by atoms with Crippen LogP contribution >= 0.6 is 11.3 Å². The second-order valence-corrected chi connectivity index (χ2v) is 6.63. The van der Waals surface area contributed by atoms with Crippen LogP contribution in [0.2, 0.25) is 0 Å². The Hall–Kier alpha value is -2.66. The fourth-order valence-corrected chi connectivity index (χ4v) is 3.31. The summed E-state index contributed by atoms with van der Waals surface area (Å²) in [6.07, 6.45) is 1.63. The summed E-state index contributed by atoms with van der Waals surface area (Å²) in [6, 6.07) is 17.5. The molecule has 0 radical (unpaired) electrons. The minimum absolute atomic E-state index is 0.116. The number of amides is 1. The smallest absolute Gasteiger partial charge is 0.263 e. The van der Waals surface area contributed by atoms with Crippen LogP contribution in [0.15, 0.2) is 60.8 Å². The number of thiazole rings is 1. The van der Waals surface area contributed by atoms with Gasteiger partial charge in [0.1, 0.15) is 15.6 Å². The van der Waals surface area contributed by atoms with Crippen molar-refractivity contribution in [1.29, 1.82) is 0 Å². The molecule has 3 rings (SSSR count). The van der Waals surface area contributed by atoms with Crippen molar-refractivity contribution in [3.8, 4) is 16.3 Å². The number of aromatic nitrogens is 1. The molecule has 2 aromatic carbocycles. The van der Waals surface area contributed by atoms with Gasteiger partial charge in [-0.1, -0.05) is 42.5 Å². The van der Waals surface area contributed by atoms with Crippen LogP contribution in [0.3, 0.4) is 0 Å². The van der Waals surface area contributed by atoms with Gasteiger partial charge in [0.05, 0.1) is 18.8 Å². The molecule has 0 aliphatic heterocycles. The Morgan fingerprint density at radius 2 is 2.00 bits per heavy atom. The normalized spacial score (nSPS) is 11.8. The summed E-state index contributed by atoms with van der Waals surface area (Å²) in [5.74, 6) is 0.694. The van der Waals surface area contributed by atoms with Gasteiger partial charge in [-0.3, -0.25) is 4.79 Å². The molecular weight excluding hydrogens is 332 g/mol. The lowest BCUT2D eigenvalue weighted by molar-refractivity contribution is 0.0943. The van der Waals surface area contributed by atoms with Gasteiger partial charge in [-0.15, -0.1) is 11.3 Å². The first-order valence-electron chi connectivity index (χ1n) is 8.22. The van der Waals surface area contributed by atoms with E-state index in [1.165, 1.54) is 11.3 Å². The van der Waals surface area contributed by atoms with E-state index in [-0.39, 0.29) is 11.9 Å². The number of hydrogen-bond acceptors (Lipinski definition) is 4. The summed E-state index contributed by atoms with van der Waals surface area (Å²) in [7, 11) is 0. The van der Waals surface area contributed by atoms with Gasteiger partial charge in [-0.2, -0.15) is 0 Å². The number of ether oxygens (including phenoxy) is 1. The van der Waals surface area contributed by atoms with Crippen molar-refractivity contribution in [1.82, 2.24) is 10.3 Å². The van der Waals surface area contributed by atoms with Crippen LogP contribution in [0.5, 0.6) is 5.75 Å². The third kappa shape index (κ3) is 4.25. The van der Waals surface area contributed by atoms with E-state index < -0.39 is 0 Å². The Bertz CT molecular complexity index is 846. The van der Waals surface area contributed by atoms with Crippen LogP contribution in [0.4, 0.5) is 0 Å². The van der Waals surface area contributed by atoms with Crippen LogP contribution in [-0.4, -0.2) is 17.5 Å². The van der Waals surface area contributed by atoms with Gasteiger partial charge in [-0.25, -0.2) is 4.98 Å². The van der Waals surface area contributed by atoms with Gasteiger partial charge in [0, 0.05) is 5.56 Å². The molecule has 0 saturated carbocycles. The standard InChI is InChI=1S/C20H20N2O2S/c1-3-24-17-11-7-10-16(12-17)14(2)22-19(23)18-13-21-20(25-18)15-8-5-4-6-9-15/h4-14H,3H2,1-2H3,(H,22,23). The molecule has 1 N–H and O–H groups in total. The fourth-order valence-electron chi connectivity index (χ4n) is 2.48. The molecule has 0 spiro atoms. The monoisotopic (exact) mass is 352 g/mol. The maximum atomic E-state index is 12.5. The molecule has 1 heterocycles. The summed E-state index contributed by atoms with van der Waals surface area (Å²) in [5, 5.41) is 3.87. The molecule has 0 saturated heterocycles. The van der Waals surface area contributed by atoms with Crippen molar-refractivity contribution in [3.63, 3.8) is 0 Å². The van der Waals surface area contributed by atoms with E-state index in [0.29, 0.717) is 11.5 Å². The molecule has 25 heavy (non-hydrogen) atoms. The van der Waals surface area contributed by atoms with Crippen molar-refractivity contribution in [2.24, 2.45) is 0 Å². The first-order chi connectivity index (χ1) is 12.2. The molecular formula is C20H20N2O2S. The maximum absolute atomic E-state index is 12.5. The Morgan fingerprint density at radius 3 is 2.76 bits per heavy atom. The first kappa shape index (κ1) is 17.2. The summed E-state index contributed by atoms with van der Waals surface area (Å²) in [4.78, 5) is 17.5. The second-order valence-electron chi connectivity index (χ2n) is 5.60. The second kappa shape index (κ2) is 7.94. The van der Waals surface area contributed by atoms with Crippen molar-refractivity contribution in [2.45, 2.75) is 19.9 Å². The average Bonchev–Trinajstić information content (AvgIpc) is 3.13. The van der Waals surface area contributed by atoms with Gasteiger partial charge in [0.25, 0.3) is 5.91 Å². The quantitative estimate of drug-likeness (QED) is 0.699. The third-order valence-corrected chi connectivity index (χ3v) is 4.81. The Morgan fingerprint density at radius 1 is 1.20 bits per heavy atom. The van der Waals surface area contributed by atoms with E-state index in [1.54, 1.807) is 6.20 Å². The van der Waals surface area contributed by atoms with Crippen LogP contribution in [0.1, 0.15) is 35.1 Å². The zero-order chi connectivity index (χ0) is 17.6. The van der Waals surface area contributed by atoms with Crippen molar-refractivity contribution >= 4 is 17.2 Å². The van der Waals surface area contributed by atoms with Crippen molar-refractivity contribution in [2.75, 3.05) is 6.61 Å². The highest BCUT2D eigenvalue weighted by molar-refractivity contribution is 7.16. The Labute approximate surface area is 151 Å². The molecule has 128 valence electrons. The zero-order valence-electron chi connectivity index (χ0n) is 14.2. The highest BCUT2D eigenvalue weighted by atomic mass is 32.1. The van der Waals surface area contributed by atoms with Crippen molar-refractivity contribution < 1.29 is 9.53 Å². The van der Waals surface area contributed by atoms with Crippen LogP contribution in [0.25, 0.3) is 10.6 Å². The van der Waals surface area contributed by atoms with Crippen LogP contribution < -0.4 is 10.1 Å². The Kier molecular flexibility index (Phi) is 5.46. The predicted molar refractivity (Wildman–Crippen MR) is 101 cm³/mol. The highest BCUT2D eigenvalue weighted by Crippen LogP contribution is 2.25. The molecule has 5 heteroatoms. The molecule has 1 amide bonds. The number of benzene rings is 2. The maximum Gasteiger partial charge on any atom is 0.263 e. The van der Waals surface area contributed by atoms with E-state index >= 15 is 0 Å².